The molecule has 196 valence electrons. The molecule has 1 aliphatic rings. The third-order valence-electron chi connectivity index (χ3n) is 6.91. The van der Waals surface area contributed by atoms with E-state index in [1.54, 1.807) is 17.9 Å². The summed E-state index contributed by atoms with van der Waals surface area (Å²) in [6.45, 7) is 6.20. The van der Waals surface area contributed by atoms with Crippen LogP contribution in [-0.2, 0) is 26.2 Å². The number of hydrogen-bond donors (Lipinski definition) is 1. The Labute approximate surface area is 215 Å². The molecule has 7 nitrogen and oxygen atoms in total. The summed E-state index contributed by atoms with van der Waals surface area (Å²) in [4.78, 5) is 28.1. The number of amides is 2. The molecule has 0 radical (unpaired) electrons. The maximum atomic E-state index is 13.4. The van der Waals surface area contributed by atoms with Gasteiger partial charge in [0, 0.05) is 25.6 Å². The second kappa shape index (κ2) is 12.4. The summed E-state index contributed by atoms with van der Waals surface area (Å²) in [5.74, 6) is -0.300. The molecule has 1 N–H and O–H groups in total. The number of aryl methyl sites for hydroxylation is 2. The van der Waals surface area contributed by atoms with Crippen molar-refractivity contribution in [1.29, 1.82) is 0 Å². The number of nitrogens with zero attached hydrogens (tertiary/aromatic N) is 2. The molecule has 2 aromatic carbocycles. The Morgan fingerprint density at radius 2 is 1.75 bits per heavy atom. The smallest absolute Gasteiger partial charge is 0.242 e. The fraction of sp³-hybridized carbons (Fsp3) is 0.500. The zero-order valence-corrected chi connectivity index (χ0v) is 22.7. The Morgan fingerprint density at radius 3 is 2.39 bits per heavy atom. The Kier molecular flexibility index (Phi) is 9.54. The molecule has 1 atom stereocenters. The van der Waals surface area contributed by atoms with Gasteiger partial charge in [-0.25, -0.2) is 8.42 Å². The van der Waals surface area contributed by atoms with Gasteiger partial charge in [0.25, 0.3) is 0 Å². The summed E-state index contributed by atoms with van der Waals surface area (Å²) in [7, 11) is -3.51. The molecule has 0 bridgehead atoms. The minimum atomic E-state index is -3.51. The average Bonchev–Trinajstić information content (AvgIpc) is 3.33. The fourth-order valence-corrected chi connectivity index (χ4v) is 5.69. The predicted octanol–water partition coefficient (Wildman–Crippen LogP) is 4.33. The molecule has 1 unspecified atom stereocenters. The molecule has 1 aliphatic carbocycles. The number of benzene rings is 2. The third kappa shape index (κ3) is 7.56. The SMILES string of the molecule is Cc1cccc(N(CCCC(=O)N(Cc2ccccc2C)C(C)C(=O)NC2CCCC2)S(C)(=O)=O)c1. The highest BCUT2D eigenvalue weighted by Crippen LogP contribution is 2.21. The minimum Gasteiger partial charge on any atom is -0.352 e. The van der Waals surface area contributed by atoms with Gasteiger partial charge in [0.05, 0.1) is 11.9 Å². The first kappa shape index (κ1) is 27.7. The zero-order valence-electron chi connectivity index (χ0n) is 21.9. The van der Waals surface area contributed by atoms with Crippen molar-refractivity contribution in [2.45, 2.75) is 77.9 Å². The highest BCUT2D eigenvalue weighted by molar-refractivity contribution is 7.92. The van der Waals surface area contributed by atoms with Gasteiger partial charge < -0.3 is 10.2 Å². The quantitative estimate of drug-likeness (QED) is 0.485. The van der Waals surface area contributed by atoms with Gasteiger partial charge in [-0.2, -0.15) is 0 Å². The number of rotatable bonds is 11. The van der Waals surface area contributed by atoms with E-state index in [1.165, 1.54) is 10.6 Å². The van der Waals surface area contributed by atoms with Gasteiger partial charge >= 0.3 is 0 Å². The van der Waals surface area contributed by atoms with Crippen LogP contribution < -0.4 is 9.62 Å². The fourth-order valence-electron chi connectivity index (χ4n) is 4.73. The van der Waals surface area contributed by atoms with Gasteiger partial charge in [0.1, 0.15) is 6.04 Å². The molecule has 0 aromatic heterocycles. The molecule has 1 fully saturated rings. The number of carbonyl (C=O) groups is 2. The Hall–Kier alpha value is -2.87. The van der Waals surface area contributed by atoms with Crippen molar-refractivity contribution >= 4 is 27.5 Å². The zero-order chi connectivity index (χ0) is 26.3. The minimum absolute atomic E-state index is 0.138. The Bertz CT molecular complexity index is 1160. The molecule has 0 saturated heterocycles. The molecular weight excluding hydrogens is 474 g/mol. The van der Waals surface area contributed by atoms with E-state index in [0.717, 1.165) is 42.4 Å². The summed E-state index contributed by atoms with van der Waals surface area (Å²) < 4.78 is 26.3. The van der Waals surface area contributed by atoms with Crippen LogP contribution in [-0.4, -0.2) is 50.0 Å². The largest absolute Gasteiger partial charge is 0.352 e. The van der Waals surface area contributed by atoms with Crippen LogP contribution in [0.1, 0.15) is 62.1 Å². The molecule has 2 aromatic rings. The summed E-state index contributed by atoms with van der Waals surface area (Å²) in [5.41, 5.74) is 3.60. The molecule has 0 spiro atoms. The molecule has 8 heteroatoms. The Balaban J connectivity index is 1.72. The molecule has 3 rings (SSSR count). The van der Waals surface area contributed by atoms with Crippen LogP contribution in [0.4, 0.5) is 5.69 Å². The van der Waals surface area contributed by atoms with Crippen molar-refractivity contribution in [2.24, 2.45) is 0 Å². The van der Waals surface area contributed by atoms with Gasteiger partial charge in [-0.15, -0.1) is 0 Å². The molecule has 0 heterocycles. The van der Waals surface area contributed by atoms with Crippen LogP contribution in [0.25, 0.3) is 0 Å². The van der Waals surface area contributed by atoms with Crippen LogP contribution in [0, 0.1) is 13.8 Å². The number of hydrogen-bond acceptors (Lipinski definition) is 4. The van der Waals surface area contributed by atoms with Gasteiger partial charge in [-0.1, -0.05) is 49.2 Å². The topological polar surface area (TPSA) is 86.8 Å². The van der Waals surface area contributed by atoms with Gasteiger partial charge in [-0.3, -0.25) is 13.9 Å². The number of carbonyl (C=O) groups excluding carboxylic acids is 2. The van der Waals surface area contributed by atoms with E-state index < -0.39 is 16.1 Å². The van der Waals surface area contributed by atoms with Crippen molar-refractivity contribution in [3.63, 3.8) is 0 Å². The molecular formula is C28H39N3O4S. The summed E-state index contributed by atoms with van der Waals surface area (Å²) in [6, 6.07) is 14.7. The average molecular weight is 514 g/mol. The second-order valence-corrected chi connectivity index (χ2v) is 11.8. The summed E-state index contributed by atoms with van der Waals surface area (Å²) >= 11 is 0. The van der Waals surface area contributed by atoms with Crippen molar-refractivity contribution in [3.8, 4) is 0 Å². The first-order valence-corrected chi connectivity index (χ1v) is 14.6. The lowest BCUT2D eigenvalue weighted by Crippen LogP contribution is -2.49. The lowest BCUT2D eigenvalue weighted by atomic mass is 10.1. The highest BCUT2D eigenvalue weighted by Gasteiger charge is 2.29. The maximum Gasteiger partial charge on any atom is 0.242 e. The summed E-state index contributed by atoms with van der Waals surface area (Å²) in [6.07, 6.45) is 5.85. The van der Waals surface area contributed by atoms with Crippen LogP contribution in [0.3, 0.4) is 0 Å². The maximum absolute atomic E-state index is 13.4. The summed E-state index contributed by atoms with van der Waals surface area (Å²) in [5, 5.41) is 3.11. The second-order valence-electron chi connectivity index (χ2n) is 9.89. The Morgan fingerprint density at radius 1 is 1.06 bits per heavy atom. The normalized spacial score (nSPS) is 14.9. The molecule has 2 amide bonds. The van der Waals surface area contributed by atoms with E-state index in [2.05, 4.69) is 5.32 Å². The molecule has 36 heavy (non-hydrogen) atoms. The molecule has 0 aliphatic heterocycles. The van der Waals surface area contributed by atoms with E-state index >= 15 is 0 Å². The van der Waals surface area contributed by atoms with Gasteiger partial charge in [-0.05, 0) is 68.9 Å². The van der Waals surface area contributed by atoms with E-state index in [1.807, 2.05) is 56.3 Å². The predicted molar refractivity (Wildman–Crippen MR) is 144 cm³/mol. The van der Waals surface area contributed by atoms with E-state index in [-0.39, 0.29) is 30.8 Å². The first-order chi connectivity index (χ1) is 17.1. The van der Waals surface area contributed by atoms with Crippen LogP contribution in [0.15, 0.2) is 48.5 Å². The monoisotopic (exact) mass is 513 g/mol. The van der Waals surface area contributed by atoms with E-state index in [4.69, 9.17) is 0 Å². The lowest BCUT2D eigenvalue weighted by molar-refractivity contribution is -0.141. The number of sulfonamides is 1. The standard InChI is InChI=1S/C28H39N3O4S/c1-21-11-9-16-26(19-21)31(36(4,34)35)18-10-17-27(32)30(20-24-13-6-5-12-22(24)2)23(3)28(33)29-25-14-7-8-15-25/h5-6,9,11-13,16,19,23,25H,7-8,10,14-15,17-18,20H2,1-4H3,(H,29,33). The van der Waals surface area contributed by atoms with Crippen LogP contribution >= 0.6 is 0 Å². The molecule has 1 saturated carbocycles. The van der Waals surface area contributed by atoms with Gasteiger partial charge in [0.15, 0.2) is 0 Å². The lowest BCUT2D eigenvalue weighted by Gasteiger charge is -2.30. The van der Waals surface area contributed by atoms with E-state index in [9.17, 15) is 18.0 Å². The van der Waals surface area contributed by atoms with E-state index in [0.29, 0.717) is 18.7 Å². The van der Waals surface area contributed by atoms with Crippen molar-refractivity contribution in [3.05, 3.63) is 65.2 Å². The third-order valence-corrected chi connectivity index (χ3v) is 8.11. The highest BCUT2D eigenvalue weighted by atomic mass is 32.2. The van der Waals surface area contributed by atoms with Crippen molar-refractivity contribution < 1.29 is 18.0 Å². The van der Waals surface area contributed by atoms with Gasteiger partial charge in [0.2, 0.25) is 21.8 Å². The number of nitrogens with one attached hydrogen (secondary N) is 1. The first-order valence-electron chi connectivity index (χ1n) is 12.7. The van der Waals surface area contributed by atoms with Crippen LogP contribution in [0.2, 0.25) is 0 Å². The van der Waals surface area contributed by atoms with Crippen molar-refractivity contribution in [1.82, 2.24) is 10.2 Å². The van der Waals surface area contributed by atoms with Crippen molar-refractivity contribution in [2.75, 3.05) is 17.1 Å². The number of anilines is 1. The van der Waals surface area contributed by atoms with Crippen LogP contribution in [0.5, 0.6) is 0 Å².